The van der Waals surface area contributed by atoms with E-state index in [0.717, 1.165) is 22.3 Å². The molecule has 0 spiro atoms. The molecular formula is C25H22O2. The molecule has 1 atom stereocenters. The number of hydrogen-bond donors (Lipinski definition) is 0. The van der Waals surface area contributed by atoms with E-state index in [9.17, 15) is 4.79 Å². The molecule has 0 amide bonds. The van der Waals surface area contributed by atoms with E-state index in [-0.39, 0.29) is 0 Å². The van der Waals surface area contributed by atoms with Crippen LogP contribution in [0.3, 0.4) is 0 Å². The first-order chi connectivity index (χ1) is 13.1. The van der Waals surface area contributed by atoms with E-state index < -0.39 is 12.1 Å². The molecule has 0 fully saturated rings. The molecule has 0 aromatic heterocycles. The fraction of sp³-hybridized carbons (Fsp3) is 0.0800. The van der Waals surface area contributed by atoms with Crippen LogP contribution in [0.1, 0.15) is 29.7 Å². The lowest BCUT2D eigenvalue weighted by atomic mass is 9.93. The van der Waals surface area contributed by atoms with Crippen LogP contribution < -0.4 is 0 Å². The van der Waals surface area contributed by atoms with Gasteiger partial charge in [-0.3, -0.25) is 0 Å². The molecule has 3 rings (SSSR count). The van der Waals surface area contributed by atoms with Crippen molar-refractivity contribution < 1.29 is 9.53 Å². The van der Waals surface area contributed by atoms with Crippen molar-refractivity contribution in [2.24, 2.45) is 0 Å². The zero-order valence-electron chi connectivity index (χ0n) is 15.3. The van der Waals surface area contributed by atoms with Crippen molar-refractivity contribution in [2.45, 2.75) is 13.0 Å². The number of carbonyl (C=O) groups excluding carboxylic acids is 1. The highest BCUT2D eigenvalue weighted by Crippen LogP contribution is 2.35. The molecule has 0 saturated carbocycles. The third-order valence-electron chi connectivity index (χ3n) is 4.19. The average Bonchev–Trinajstić information content (AvgIpc) is 2.72. The highest BCUT2D eigenvalue weighted by Gasteiger charge is 2.23. The highest BCUT2D eigenvalue weighted by molar-refractivity contribution is 5.90. The Hall–Kier alpha value is -3.39. The lowest BCUT2D eigenvalue weighted by molar-refractivity contribution is -0.141. The Morgan fingerprint density at radius 1 is 0.852 bits per heavy atom. The quantitative estimate of drug-likeness (QED) is 0.304. The molecule has 0 N–H and O–H groups in total. The van der Waals surface area contributed by atoms with Crippen molar-refractivity contribution in [3.05, 3.63) is 120 Å². The molecule has 0 aliphatic rings. The second-order valence-corrected chi connectivity index (χ2v) is 6.35. The van der Waals surface area contributed by atoms with Crippen molar-refractivity contribution in [3.8, 4) is 0 Å². The van der Waals surface area contributed by atoms with Gasteiger partial charge in [0.15, 0.2) is 6.10 Å². The monoisotopic (exact) mass is 354 g/mol. The van der Waals surface area contributed by atoms with Crippen LogP contribution in [0.25, 0.3) is 11.6 Å². The van der Waals surface area contributed by atoms with Crippen molar-refractivity contribution in [1.82, 2.24) is 0 Å². The van der Waals surface area contributed by atoms with Crippen LogP contribution in [0.2, 0.25) is 0 Å². The lowest BCUT2D eigenvalue weighted by Gasteiger charge is -2.22. The van der Waals surface area contributed by atoms with Gasteiger partial charge in [-0.1, -0.05) is 97.6 Å². The van der Waals surface area contributed by atoms with Crippen molar-refractivity contribution in [3.63, 3.8) is 0 Å². The zero-order valence-corrected chi connectivity index (χ0v) is 15.3. The molecule has 2 heteroatoms. The summed E-state index contributed by atoms with van der Waals surface area (Å²) in [6, 6.07) is 29.8. The minimum absolute atomic E-state index is 0.378. The minimum Gasteiger partial charge on any atom is -0.449 e. The molecule has 2 nitrogen and oxygen atoms in total. The Kier molecular flexibility index (Phi) is 6.01. The molecule has 0 radical (unpaired) electrons. The van der Waals surface area contributed by atoms with Crippen LogP contribution in [0.15, 0.2) is 103 Å². The van der Waals surface area contributed by atoms with E-state index in [0.29, 0.717) is 5.57 Å². The molecule has 0 aliphatic heterocycles. The molecule has 0 saturated heterocycles. The molecule has 0 aliphatic carbocycles. The predicted octanol–water partition coefficient (Wildman–Crippen LogP) is 6.09. The number of benzene rings is 3. The maximum atomic E-state index is 12.4. The minimum atomic E-state index is -0.530. The van der Waals surface area contributed by atoms with E-state index in [1.165, 1.54) is 0 Å². The third-order valence-corrected chi connectivity index (χ3v) is 4.19. The molecular weight excluding hydrogens is 332 g/mol. The van der Waals surface area contributed by atoms with Crippen LogP contribution in [-0.2, 0) is 9.53 Å². The molecule has 1 unspecified atom stereocenters. The summed E-state index contributed by atoms with van der Waals surface area (Å²) < 4.78 is 5.88. The lowest BCUT2D eigenvalue weighted by Crippen LogP contribution is -2.13. The van der Waals surface area contributed by atoms with E-state index in [2.05, 4.69) is 12.7 Å². The summed E-state index contributed by atoms with van der Waals surface area (Å²) in [7, 11) is 0. The van der Waals surface area contributed by atoms with E-state index in [1.54, 1.807) is 6.92 Å². The summed E-state index contributed by atoms with van der Waals surface area (Å²) in [5, 5.41) is 0. The summed E-state index contributed by atoms with van der Waals surface area (Å²) in [5.74, 6) is -0.404. The number of esters is 1. The smallest absolute Gasteiger partial charge is 0.334 e. The van der Waals surface area contributed by atoms with Gasteiger partial charge >= 0.3 is 5.97 Å². The Morgan fingerprint density at radius 3 is 1.93 bits per heavy atom. The largest absolute Gasteiger partial charge is 0.449 e. The standard InChI is InChI=1S/C25H22O2/c1-19(2)25(26)27-24(22-16-10-5-11-17-22)23(21-14-8-4-9-15-21)18-20-12-6-3-7-13-20/h3-18,24H,1H2,2H3. The van der Waals surface area contributed by atoms with Gasteiger partial charge in [-0.2, -0.15) is 0 Å². The van der Waals surface area contributed by atoms with Crippen LogP contribution in [-0.4, -0.2) is 5.97 Å². The highest BCUT2D eigenvalue weighted by atomic mass is 16.5. The Labute approximate surface area is 160 Å². The van der Waals surface area contributed by atoms with Gasteiger partial charge in [0.2, 0.25) is 0 Å². The van der Waals surface area contributed by atoms with Crippen molar-refractivity contribution in [1.29, 1.82) is 0 Å². The predicted molar refractivity (Wildman–Crippen MR) is 111 cm³/mol. The fourth-order valence-corrected chi connectivity index (χ4v) is 2.82. The second-order valence-electron chi connectivity index (χ2n) is 6.35. The van der Waals surface area contributed by atoms with Crippen LogP contribution in [0.5, 0.6) is 0 Å². The average molecular weight is 354 g/mol. The van der Waals surface area contributed by atoms with Gasteiger partial charge in [0.25, 0.3) is 0 Å². The zero-order chi connectivity index (χ0) is 19.1. The Morgan fingerprint density at radius 2 is 1.37 bits per heavy atom. The number of rotatable bonds is 6. The second kappa shape index (κ2) is 8.81. The van der Waals surface area contributed by atoms with Gasteiger partial charge in [0.1, 0.15) is 0 Å². The molecule has 0 heterocycles. The topological polar surface area (TPSA) is 26.3 Å². The summed E-state index contributed by atoms with van der Waals surface area (Å²) in [4.78, 5) is 12.4. The molecule has 0 bridgehead atoms. The number of hydrogen-bond acceptors (Lipinski definition) is 2. The van der Waals surface area contributed by atoms with E-state index in [4.69, 9.17) is 4.74 Å². The van der Waals surface area contributed by atoms with Crippen LogP contribution >= 0.6 is 0 Å². The first-order valence-corrected chi connectivity index (χ1v) is 8.88. The first-order valence-electron chi connectivity index (χ1n) is 8.88. The fourth-order valence-electron chi connectivity index (χ4n) is 2.82. The molecule has 27 heavy (non-hydrogen) atoms. The van der Waals surface area contributed by atoms with Crippen LogP contribution in [0, 0.1) is 0 Å². The SMILES string of the molecule is C=C(C)C(=O)OC(C(=Cc1ccccc1)c1ccccc1)c1ccccc1. The summed E-state index contributed by atoms with van der Waals surface area (Å²) in [5.41, 5.74) is 4.26. The maximum absolute atomic E-state index is 12.4. The summed E-state index contributed by atoms with van der Waals surface area (Å²) >= 11 is 0. The van der Waals surface area contributed by atoms with Crippen LogP contribution in [0.4, 0.5) is 0 Å². The van der Waals surface area contributed by atoms with Gasteiger partial charge in [0.05, 0.1) is 0 Å². The molecule has 3 aromatic rings. The molecule has 3 aromatic carbocycles. The summed E-state index contributed by atoms with van der Waals surface area (Å²) in [6.07, 6.45) is 1.54. The Balaban J connectivity index is 2.14. The molecule has 134 valence electrons. The van der Waals surface area contributed by atoms with Gasteiger partial charge in [-0.15, -0.1) is 0 Å². The van der Waals surface area contributed by atoms with Crippen molar-refractivity contribution >= 4 is 17.6 Å². The van der Waals surface area contributed by atoms with Gasteiger partial charge < -0.3 is 4.74 Å². The normalized spacial score (nSPS) is 12.3. The first kappa shape index (κ1) is 18.4. The van der Waals surface area contributed by atoms with Gasteiger partial charge in [0, 0.05) is 11.1 Å². The van der Waals surface area contributed by atoms with Crippen molar-refractivity contribution in [2.75, 3.05) is 0 Å². The summed E-state index contributed by atoms with van der Waals surface area (Å²) in [6.45, 7) is 5.38. The maximum Gasteiger partial charge on any atom is 0.334 e. The van der Waals surface area contributed by atoms with Gasteiger partial charge in [-0.05, 0) is 29.7 Å². The van der Waals surface area contributed by atoms with E-state index in [1.807, 2.05) is 91.0 Å². The van der Waals surface area contributed by atoms with Gasteiger partial charge in [-0.25, -0.2) is 4.79 Å². The number of ether oxygens (including phenoxy) is 1. The third kappa shape index (κ3) is 4.83. The Bertz CT molecular complexity index is 926. The number of carbonyl (C=O) groups is 1. The van der Waals surface area contributed by atoms with E-state index >= 15 is 0 Å².